The number of amides is 2. The maximum absolute atomic E-state index is 12.1. The van der Waals surface area contributed by atoms with Crippen LogP contribution < -0.4 is 10.2 Å². The molecular weight excluding hydrogens is 302 g/mol. The summed E-state index contributed by atoms with van der Waals surface area (Å²) < 4.78 is 0. The summed E-state index contributed by atoms with van der Waals surface area (Å²) in [5, 5.41) is 11.7. The Bertz CT molecular complexity index is 776. The van der Waals surface area contributed by atoms with E-state index in [1.807, 2.05) is 37.3 Å². The third-order valence-electron chi connectivity index (χ3n) is 3.67. The SMILES string of the molecule is CC(=O)N(CCC(=O)Nc1ccccc1C)c1ccc(C#N)cc1. The van der Waals surface area contributed by atoms with Crippen molar-refractivity contribution in [1.29, 1.82) is 5.26 Å². The monoisotopic (exact) mass is 321 g/mol. The summed E-state index contributed by atoms with van der Waals surface area (Å²) in [6.45, 7) is 3.66. The van der Waals surface area contributed by atoms with Crippen LogP contribution in [-0.4, -0.2) is 18.4 Å². The molecule has 2 aromatic carbocycles. The molecule has 2 rings (SSSR count). The van der Waals surface area contributed by atoms with Gasteiger partial charge in [0.15, 0.2) is 0 Å². The van der Waals surface area contributed by atoms with Crippen molar-refractivity contribution < 1.29 is 9.59 Å². The molecule has 0 heterocycles. The Balaban J connectivity index is 2.01. The van der Waals surface area contributed by atoms with E-state index in [4.69, 9.17) is 5.26 Å². The number of nitrogens with zero attached hydrogens (tertiary/aromatic N) is 2. The second-order valence-corrected chi connectivity index (χ2v) is 5.44. The van der Waals surface area contributed by atoms with Gasteiger partial charge in [-0.25, -0.2) is 0 Å². The van der Waals surface area contributed by atoms with Crippen LogP contribution in [0.1, 0.15) is 24.5 Å². The molecule has 24 heavy (non-hydrogen) atoms. The number of rotatable bonds is 5. The van der Waals surface area contributed by atoms with Gasteiger partial charge in [-0.1, -0.05) is 18.2 Å². The van der Waals surface area contributed by atoms with E-state index >= 15 is 0 Å². The van der Waals surface area contributed by atoms with E-state index in [2.05, 4.69) is 5.32 Å². The summed E-state index contributed by atoms with van der Waals surface area (Å²) in [6, 6.07) is 16.3. The maximum atomic E-state index is 12.1. The van der Waals surface area contributed by atoms with Gasteiger partial charge in [0.1, 0.15) is 0 Å². The molecule has 0 unspecified atom stereocenters. The lowest BCUT2D eigenvalue weighted by Gasteiger charge is -2.21. The van der Waals surface area contributed by atoms with Crippen molar-refractivity contribution in [2.24, 2.45) is 0 Å². The summed E-state index contributed by atoms with van der Waals surface area (Å²) >= 11 is 0. The number of hydrogen-bond acceptors (Lipinski definition) is 3. The zero-order valence-corrected chi connectivity index (χ0v) is 13.7. The smallest absolute Gasteiger partial charge is 0.226 e. The van der Waals surface area contributed by atoms with Gasteiger partial charge >= 0.3 is 0 Å². The first-order valence-corrected chi connectivity index (χ1v) is 7.65. The Morgan fingerprint density at radius 2 is 1.79 bits per heavy atom. The first-order chi connectivity index (χ1) is 11.5. The minimum absolute atomic E-state index is 0.149. The van der Waals surface area contributed by atoms with E-state index in [0.717, 1.165) is 11.3 Å². The topological polar surface area (TPSA) is 73.2 Å². The Kier molecular flexibility index (Phi) is 5.69. The first kappa shape index (κ1) is 17.2. The molecule has 2 amide bonds. The average molecular weight is 321 g/mol. The van der Waals surface area contributed by atoms with Crippen LogP contribution in [0.3, 0.4) is 0 Å². The van der Waals surface area contributed by atoms with Gasteiger partial charge in [0, 0.05) is 31.3 Å². The number of benzene rings is 2. The third-order valence-corrected chi connectivity index (χ3v) is 3.67. The number of carbonyl (C=O) groups is 2. The number of aryl methyl sites for hydroxylation is 1. The molecule has 0 saturated heterocycles. The summed E-state index contributed by atoms with van der Waals surface area (Å²) in [4.78, 5) is 25.5. The average Bonchev–Trinajstić information content (AvgIpc) is 2.57. The van der Waals surface area contributed by atoms with Crippen molar-refractivity contribution in [1.82, 2.24) is 0 Å². The van der Waals surface area contributed by atoms with Gasteiger partial charge in [-0.3, -0.25) is 9.59 Å². The highest BCUT2D eigenvalue weighted by atomic mass is 16.2. The van der Waals surface area contributed by atoms with Crippen LogP contribution in [0.15, 0.2) is 48.5 Å². The van der Waals surface area contributed by atoms with Crippen molar-refractivity contribution in [2.75, 3.05) is 16.8 Å². The van der Waals surface area contributed by atoms with Crippen LogP contribution in [0.2, 0.25) is 0 Å². The fourth-order valence-corrected chi connectivity index (χ4v) is 2.32. The minimum atomic E-state index is -0.150. The van der Waals surface area contributed by atoms with E-state index < -0.39 is 0 Å². The lowest BCUT2D eigenvalue weighted by Crippen LogP contribution is -2.32. The highest BCUT2D eigenvalue weighted by molar-refractivity contribution is 5.95. The van der Waals surface area contributed by atoms with E-state index in [1.165, 1.54) is 11.8 Å². The molecule has 0 bridgehead atoms. The molecule has 0 fully saturated rings. The number of para-hydroxylation sites is 1. The molecule has 0 saturated carbocycles. The Hall–Kier alpha value is -3.13. The molecule has 0 atom stereocenters. The third kappa shape index (κ3) is 4.43. The molecule has 122 valence electrons. The summed E-state index contributed by atoms with van der Waals surface area (Å²) in [5.41, 5.74) is 2.96. The molecular formula is C19H19N3O2. The van der Waals surface area contributed by atoms with Gasteiger partial charge < -0.3 is 10.2 Å². The largest absolute Gasteiger partial charge is 0.326 e. The van der Waals surface area contributed by atoms with E-state index in [9.17, 15) is 9.59 Å². The summed E-state index contributed by atoms with van der Waals surface area (Å²) in [5.74, 6) is -0.299. The highest BCUT2D eigenvalue weighted by Crippen LogP contribution is 2.17. The molecule has 5 heteroatoms. The first-order valence-electron chi connectivity index (χ1n) is 7.65. The molecule has 0 aliphatic rings. The van der Waals surface area contributed by atoms with Gasteiger partial charge in [0.25, 0.3) is 0 Å². The maximum Gasteiger partial charge on any atom is 0.226 e. The van der Waals surface area contributed by atoms with Crippen LogP contribution in [0, 0.1) is 18.3 Å². The van der Waals surface area contributed by atoms with Crippen LogP contribution in [0.25, 0.3) is 0 Å². The zero-order chi connectivity index (χ0) is 17.5. The van der Waals surface area contributed by atoms with Crippen LogP contribution in [0.5, 0.6) is 0 Å². The molecule has 2 aromatic rings. The lowest BCUT2D eigenvalue weighted by atomic mass is 10.2. The minimum Gasteiger partial charge on any atom is -0.326 e. The van der Waals surface area contributed by atoms with Crippen LogP contribution >= 0.6 is 0 Å². The fourth-order valence-electron chi connectivity index (χ4n) is 2.32. The van der Waals surface area contributed by atoms with E-state index in [0.29, 0.717) is 11.3 Å². The lowest BCUT2D eigenvalue weighted by molar-refractivity contribution is -0.117. The fraction of sp³-hybridized carbons (Fsp3) is 0.211. The normalized spacial score (nSPS) is 9.88. The van der Waals surface area contributed by atoms with E-state index in [-0.39, 0.29) is 24.8 Å². The van der Waals surface area contributed by atoms with Gasteiger partial charge in [-0.15, -0.1) is 0 Å². The molecule has 0 spiro atoms. The molecule has 0 aliphatic carbocycles. The highest BCUT2D eigenvalue weighted by Gasteiger charge is 2.14. The summed E-state index contributed by atoms with van der Waals surface area (Å²) in [7, 11) is 0. The standard InChI is InChI=1S/C19H19N3O2/c1-14-5-3-4-6-18(14)21-19(24)11-12-22(15(2)23)17-9-7-16(13-20)8-10-17/h3-10H,11-12H2,1-2H3,(H,21,24). The Labute approximate surface area is 141 Å². The van der Waals surface area contributed by atoms with Crippen molar-refractivity contribution in [3.8, 4) is 6.07 Å². The predicted octanol–water partition coefficient (Wildman–Crippen LogP) is 3.25. The van der Waals surface area contributed by atoms with Gasteiger partial charge in [0.05, 0.1) is 11.6 Å². The Morgan fingerprint density at radius 3 is 2.38 bits per heavy atom. The molecule has 0 aromatic heterocycles. The van der Waals surface area contributed by atoms with E-state index in [1.54, 1.807) is 24.3 Å². The quantitative estimate of drug-likeness (QED) is 0.918. The number of anilines is 2. The van der Waals surface area contributed by atoms with Crippen LogP contribution in [0.4, 0.5) is 11.4 Å². The van der Waals surface area contributed by atoms with Gasteiger partial charge in [0.2, 0.25) is 11.8 Å². The van der Waals surface area contributed by atoms with Gasteiger partial charge in [-0.05, 0) is 42.8 Å². The number of nitriles is 1. The summed E-state index contributed by atoms with van der Waals surface area (Å²) in [6.07, 6.45) is 0.188. The Morgan fingerprint density at radius 1 is 1.12 bits per heavy atom. The molecule has 1 N–H and O–H groups in total. The van der Waals surface area contributed by atoms with Gasteiger partial charge in [-0.2, -0.15) is 5.26 Å². The number of carbonyl (C=O) groups excluding carboxylic acids is 2. The second kappa shape index (κ2) is 7.93. The number of hydrogen-bond donors (Lipinski definition) is 1. The predicted molar refractivity (Wildman–Crippen MR) is 93.6 cm³/mol. The molecule has 0 aliphatic heterocycles. The van der Waals surface area contributed by atoms with Crippen molar-refractivity contribution in [3.63, 3.8) is 0 Å². The number of nitrogens with one attached hydrogen (secondary N) is 1. The molecule has 5 nitrogen and oxygen atoms in total. The van der Waals surface area contributed by atoms with Crippen LogP contribution in [-0.2, 0) is 9.59 Å². The zero-order valence-electron chi connectivity index (χ0n) is 13.7. The van der Waals surface area contributed by atoms with Crippen molar-refractivity contribution >= 4 is 23.2 Å². The molecule has 0 radical (unpaired) electrons. The second-order valence-electron chi connectivity index (χ2n) is 5.44. The van der Waals surface area contributed by atoms with Crippen molar-refractivity contribution in [3.05, 3.63) is 59.7 Å². The van der Waals surface area contributed by atoms with Crippen molar-refractivity contribution in [2.45, 2.75) is 20.3 Å².